The molecule has 1 aliphatic rings. The molecule has 108 valence electrons. The van der Waals surface area contributed by atoms with E-state index in [4.69, 9.17) is 0 Å². The standard InChI is InChI=1S/C16H22N2O2/c1-5-11(2)15(19)18-14(12(3)17(4)16(18)20)13-9-7-6-8-10-13/h6-12,14H,5H2,1-4H3/t11-,12-,14-/m1/s1. The number of amides is 3. The van der Waals surface area contributed by atoms with E-state index in [0.29, 0.717) is 0 Å². The minimum absolute atomic E-state index is 0.0158. The second-order valence-corrected chi connectivity index (χ2v) is 5.51. The van der Waals surface area contributed by atoms with Gasteiger partial charge >= 0.3 is 6.03 Å². The van der Waals surface area contributed by atoms with Crippen LogP contribution in [-0.2, 0) is 4.79 Å². The number of rotatable bonds is 3. The highest BCUT2D eigenvalue weighted by Crippen LogP contribution is 2.35. The normalized spacial score (nSPS) is 24.1. The third-order valence-corrected chi connectivity index (χ3v) is 4.27. The molecule has 1 fully saturated rings. The van der Waals surface area contributed by atoms with Crippen LogP contribution in [0.4, 0.5) is 4.79 Å². The van der Waals surface area contributed by atoms with Crippen molar-refractivity contribution in [3.63, 3.8) is 0 Å². The van der Waals surface area contributed by atoms with Gasteiger partial charge in [0.2, 0.25) is 5.91 Å². The summed E-state index contributed by atoms with van der Waals surface area (Å²) >= 11 is 0. The van der Waals surface area contributed by atoms with E-state index >= 15 is 0 Å². The summed E-state index contributed by atoms with van der Waals surface area (Å²) in [6, 6.07) is 9.36. The highest BCUT2D eigenvalue weighted by Gasteiger charge is 2.46. The Morgan fingerprint density at radius 2 is 1.90 bits per heavy atom. The number of carbonyl (C=O) groups is 2. The molecule has 1 aliphatic heterocycles. The molecule has 0 spiro atoms. The zero-order chi connectivity index (χ0) is 14.9. The van der Waals surface area contributed by atoms with E-state index in [1.807, 2.05) is 51.1 Å². The molecule has 1 aromatic rings. The quantitative estimate of drug-likeness (QED) is 0.850. The molecule has 0 unspecified atom stereocenters. The van der Waals surface area contributed by atoms with Gasteiger partial charge in [-0.2, -0.15) is 0 Å². The molecule has 3 atom stereocenters. The molecule has 20 heavy (non-hydrogen) atoms. The second kappa shape index (κ2) is 5.65. The van der Waals surface area contributed by atoms with E-state index in [2.05, 4.69) is 0 Å². The smallest absolute Gasteiger partial charge is 0.322 e. The van der Waals surface area contributed by atoms with E-state index in [0.717, 1.165) is 12.0 Å². The minimum atomic E-state index is -0.199. The summed E-state index contributed by atoms with van der Waals surface area (Å²) in [7, 11) is 1.76. The van der Waals surface area contributed by atoms with Gasteiger partial charge in [-0.05, 0) is 18.9 Å². The first-order valence-corrected chi connectivity index (χ1v) is 7.13. The zero-order valence-corrected chi connectivity index (χ0v) is 12.5. The summed E-state index contributed by atoms with van der Waals surface area (Å²) in [5.41, 5.74) is 1.01. The molecule has 4 heteroatoms. The van der Waals surface area contributed by atoms with Crippen LogP contribution in [0.1, 0.15) is 38.8 Å². The number of urea groups is 1. The Morgan fingerprint density at radius 1 is 1.30 bits per heavy atom. The van der Waals surface area contributed by atoms with Gasteiger partial charge in [0.1, 0.15) is 0 Å². The molecule has 2 rings (SSSR count). The predicted octanol–water partition coefficient (Wildman–Crippen LogP) is 3.06. The lowest BCUT2D eigenvalue weighted by molar-refractivity contribution is -0.133. The second-order valence-electron chi connectivity index (χ2n) is 5.51. The highest BCUT2D eigenvalue weighted by molar-refractivity contribution is 5.97. The maximum atomic E-state index is 12.5. The molecular formula is C16H22N2O2. The highest BCUT2D eigenvalue weighted by atomic mass is 16.2. The fourth-order valence-electron chi connectivity index (χ4n) is 2.61. The van der Waals surface area contributed by atoms with Crippen LogP contribution in [-0.4, -0.2) is 34.8 Å². The van der Waals surface area contributed by atoms with E-state index in [1.165, 1.54) is 4.90 Å². The lowest BCUT2D eigenvalue weighted by atomic mass is 9.98. The Labute approximate surface area is 120 Å². The molecular weight excluding hydrogens is 252 g/mol. The Kier molecular flexibility index (Phi) is 4.12. The number of hydrogen-bond acceptors (Lipinski definition) is 2. The number of nitrogens with zero attached hydrogens (tertiary/aromatic N) is 2. The number of carbonyl (C=O) groups excluding carboxylic acids is 2. The van der Waals surface area contributed by atoms with Crippen molar-refractivity contribution in [2.24, 2.45) is 5.92 Å². The van der Waals surface area contributed by atoms with Crippen LogP contribution in [0.3, 0.4) is 0 Å². The lowest BCUT2D eigenvalue weighted by Crippen LogP contribution is -2.39. The Hall–Kier alpha value is -1.84. The third kappa shape index (κ3) is 2.30. The Bertz CT molecular complexity index is 500. The summed E-state index contributed by atoms with van der Waals surface area (Å²) in [6.45, 7) is 5.83. The largest absolute Gasteiger partial charge is 0.327 e. The van der Waals surface area contributed by atoms with Gasteiger partial charge in [0, 0.05) is 13.0 Å². The van der Waals surface area contributed by atoms with Crippen molar-refractivity contribution in [2.45, 2.75) is 39.3 Å². The summed E-state index contributed by atoms with van der Waals surface area (Å²) < 4.78 is 0. The van der Waals surface area contributed by atoms with Gasteiger partial charge in [-0.25, -0.2) is 4.79 Å². The van der Waals surface area contributed by atoms with Gasteiger partial charge in [0.05, 0.1) is 12.1 Å². The summed E-state index contributed by atoms with van der Waals surface area (Å²) in [6.07, 6.45) is 0.738. The van der Waals surface area contributed by atoms with Crippen LogP contribution >= 0.6 is 0 Å². The third-order valence-electron chi connectivity index (χ3n) is 4.27. The van der Waals surface area contributed by atoms with Gasteiger partial charge in [-0.3, -0.25) is 9.69 Å². The summed E-state index contributed by atoms with van der Waals surface area (Å²) in [5.74, 6) is -0.216. The first kappa shape index (κ1) is 14.6. The number of imide groups is 1. The molecule has 0 aromatic heterocycles. The van der Waals surface area contributed by atoms with Crippen molar-refractivity contribution in [1.29, 1.82) is 0 Å². The fraction of sp³-hybridized carbons (Fsp3) is 0.500. The SMILES string of the molecule is CC[C@@H](C)C(=O)N1C(=O)N(C)[C@H](C)[C@@H]1c1ccccc1. The molecule has 1 aromatic carbocycles. The first-order chi connectivity index (χ1) is 9.49. The van der Waals surface area contributed by atoms with E-state index in [9.17, 15) is 9.59 Å². The molecule has 3 amide bonds. The molecule has 0 N–H and O–H groups in total. The van der Waals surface area contributed by atoms with E-state index < -0.39 is 0 Å². The first-order valence-electron chi connectivity index (χ1n) is 7.13. The van der Waals surface area contributed by atoms with Crippen molar-refractivity contribution in [1.82, 2.24) is 9.80 Å². The topological polar surface area (TPSA) is 40.6 Å². The average molecular weight is 274 g/mol. The van der Waals surface area contributed by atoms with Crippen molar-refractivity contribution in [3.05, 3.63) is 35.9 Å². The zero-order valence-electron chi connectivity index (χ0n) is 12.5. The maximum Gasteiger partial charge on any atom is 0.327 e. The molecule has 0 radical (unpaired) electrons. The Morgan fingerprint density at radius 3 is 2.45 bits per heavy atom. The van der Waals surface area contributed by atoms with Gasteiger partial charge in [-0.1, -0.05) is 44.2 Å². The van der Waals surface area contributed by atoms with Crippen molar-refractivity contribution in [3.8, 4) is 0 Å². The van der Waals surface area contributed by atoms with Crippen LogP contribution in [0.5, 0.6) is 0 Å². The van der Waals surface area contributed by atoms with Crippen LogP contribution in [0.25, 0.3) is 0 Å². The molecule has 0 bridgehead atoms. The summed E-state index contributed by atoms with van der Waals surface area (Å²) in [4.78, 5) is 28.0. The van der Waals surface area contributed by atoms with Crippen LogP contribution in [0, 0.1) is 5.92 Å². The van der Waals surface area contributed by atoms with Gasteiger partial charge in [0.15, 0.2) is 0 Å². The van der Waals surface area contributed by atoms with Crippen molar-refractivity contribution in [2.75, 3.05) is 7.05 Å². The van der Waals surface area contributed by atoms with Crippen LogP contribution in [0.2, 0.25) is 0 Å². The number of likely N-dealkylation sites (N-methyl/N-ethyl adjacent to an activating group) is 1. The minimum Gasteiger partial charge on any atom is -0.322 e. The van der Waals surface area contributed by atoms with Gasteiger partial charge in [0.25, 0.3) is 0 Å². The van der Waals surface area contributed by atoms with Gasteiger partial charge in [-0.15, -0.1) is 0 Å². The Balaban J connectivity index is 2.40. The summed E-state index contributed by atoms with van der Waals surface area (Å²) in [5, 5.41) is 0. The van der Waals surface area contributed by atoms with Crippen LogP contribution < -0.4 is 0 Å². The molecule has 0 aliphatic carbocycles. The number of benzene rings is 1. The lowest BCUT2D eigenvalue weighted by Gasteiger charge is -2.26. The van der Waals surface area contributed by atoms with Crippen molar-refractivity contribution >= 4 is 11.9 Å². The predicted molar refractivity (Wildman–Crippen MR) is 78.1 cm³/mol. The van der Waals surface area contributed by atoms with Crippen LogP contribution in [0.15, 0.2) is 30.3 Å². The average Bonchev–Trinajstić information content (AvgIpc) is 2.70. The molecule has 4 nitrogen and oxygen atoms in total. The van der Waals surface area contributed by atoms with Gasteiger partial charge < -0.3 is 4.90 Å². The van der Waals surface area contributed by atoms with E-state index in [-0.39, 0.29) is 29.9 Å². The monoisotopic (exact) mass is 274 g/mol. The molecule has 0 saturated carbocycles. The van der Waals surface area contributed by atoms with E-state index in [1.54, 1.807) is 11.9 Å². The number of hydrogen-bond donors (Lipinski definition) is 0. The molecule has 1 heterocycles. The molecule has 1 saturated heterocycles. The fourth-order valence-corrected chi connectivity index (χ4v) is 2.61. The maximum absolute atomic E-state index is 12.5. The van der Waals surface area contributed by atoms with Crippen molar-refractivity contribution < 1.29 is 9.59 Å².